The first-order chi connectivity index (χ1) is 10.7. The number of nitrogens with zero attached hydrogens (tertiary/aromatic N) is 3. The van der Waals surface area contributed by atoms with Crippen molar-refractivity contribution in [2.24, 2.45) is 5.92 Å². The van der Waals surface area contributed by atoms with E-state index in [1.165, 1.54) is 11.1 Å². The van der Waals surface area contributed by atoms with Gasteiger partial charge in [0.15, 0.2) is 0 Å². The Bertz CT molecular complexity index is 724. The minimum atomic E-state index is -0.510. The van der Waals surface area contributed by atoms with Gasteiger partial charge in [-0.2, -0.15) is 0 Å². The van der Waals surface area contributed by atoms with Gasteiger partial charge in [0, 0.05) is 31.5 Å². The number of hydrogen-bond acceptors (Lipinski definition) is 3. The zero-order valence-electron chi connectivity index (χ0n) is 12.5. The molecule has 5 heteroatoms. The topological polar surface area (TPSA) is 58.4 Å². The molecule has 0 saturated carbocycles. The van der Waals surface area contributed by atoms with Crippen LogP contribution in [0.3, 0.4) is 0 Å². The summed E-state index contributed by atoms with van der Waals surface area (Å²) in [6, 6.07) is 8.44. The Labute approximate surface area is 129 Å². The predicted molar refractivity (Wildman–Crippen MR) is 82.2 cm³/mol. The molecule has 5 nitrogen and oxygen atoms in total. The summed E-state index contributed by atoms with van der Waals surface area (Å²) in [6.07, 6.45) is 4.03. The van der Waals surface area contributed by atoms with Gasteiger partial charge in [0.2, 0.25) is 5.91 Å². The minimum Gasteiger partial charge on any atom is -0.391 e. The van der Waals surface area contributed by atoms with Gasteiger partial charge in [-0.3, -0.25) is 4.79 Å². The van der Waals surface area contributed by atoms with Gasteiger partial charge in [-0.15, -0.1) is 0 Å². The first-order valence-electron chi connectivity index (χ1n) is 7.71. The van der Waals surface area contributed by atoms with Crippen molar-refractivity contribution in [3.8, 4) is 11.3 Å². The van der Waals surface area contributed by atoms with Crippen LogP contribution in [0.15, 0.2) is 36.8 Å². The number of likely N-dealkylation sites (tertiary alicyclic amines) is 1. The first-order valence-corrected chi connectivity index (χ1v) is 7.71. The molecule has 1 aromatic heterocycles. The van der Waals surface area contributed by atoms with E-state index in [2.05, 4.69) is 21.7 Å². The normalized spacial score (nSPS) is 26.6. The van der Waals surface area contributed by atoms with Crippen LogP contribution < -0.4 is 0 Å². The lowest BCUT2D eigenvalue weighted by Gasteiger charge is -2.39. The highest BCUT2D eigenvalue weighted by atomic mass is 16.3. The Kier molecular flexibility index (Phi) is 3.04. The molecule has 2 aliphatic rings. The number of β-amino-alcohol motifs (C(OH)–C–C–N with tert-alkyl or cyclic N) is 1. The molecule has 1 fully saturated rings. The number of imidazole rings is 1. The Morgan fingerprint density at radius 3 is 2.95 bits per heavy atom. The molecule has 1 aromatic carbocycles. The lowest BCUT2D eigenvalue weighted by molar-refractivity contribution is -0.133. The smallest absolute Gasteiger partial charge is 0.219 e. The largest absolute Gasteiger partial charge is 0.391 e. The van der Waals surface area contributed by atoms with Crippen LogP contribution in [0.5, 0.6) is 0 Å². The summed E-state index contributed by atoms with van der Waals surface area (Å²) in [5, 5.41) is 10.6. The van der Waals surface area contributed by atoms with E-state index < -0.39 is 6.10 Å². The van der Waals surface area contributed by atoms with Crippen molar-refractivity contribution in [3.05, 3.63) is 42.4 Å². The molecule has 0 aliphatic carbocycles. The van der Waals surface area contributed by atoms with Crippen molar-refractivity contribution in [1.82, 2.24) is 14.5 Å². The van der Waals surface area contributed by atoms with Gasteiger partial charge >= 0.3 is 0 Å². The van der Waals surface area contributed by atoms with Crippen LogP contribution in [0.2, 0.25) is 0 Å². The average molecular weight is 297 g/mol. The molecule has 0 radical (unpaired) electrons. The number of carbonyl (C=O) groups excluding carboxylic acids is 1. The summed E-state index contributed by atoms with van der Waals surface area (Å²) < 4.78 is 2.17. The molecule has 0 bridgehead atoms. The Balaban J connectivity index is 1.70. The van der Waals surface area contributed by atoms with Gasteiger partial charge in [-0.1, -0.05) is 24.3 Å². The maximum Gasteiger partial charge on any atom is 0.219 e. The first kappa shape index (κ1) is 13.5. The van der Waals surface area contributed by atoms with Gasteiger partial charge < -0.3 is 14.6 Å². The van der Waals surface area contributed by atoms with E-state index in [4.69, 9.17) is 0 Å². The fourth-order valence-corrected chi connectivity index (χ4v) is 3.91. The zero-order chi connectivity index (χ0) is 15.3. The van der Waals surface area contributed by atoms with Crippen LogP contribution in [0.1, 0.15) is 24.9 Å². The number of hydrogen-bond donors (Lipinski definition) is 1. The number of rotatable bonds is 1. The second kappa shape index (κ2) is 4.95. The van der Waals surface area contributed by atoms with Crippen molar-refractivity contribution < 1.29 is 9.90 Å². The SMILES string of the molecule is CC(=O)N1CC[C@H]([C@H]2c3ccccc3-c3cncn32)[C@@H](O)C1. The molecule has 2 aliphatic heterocycles. The number of aliphatic hydroxyl groups excluding tert-OH is 1. The number of benzene rings is 1. The summed E-state index contributed by atoms with van der Waals surface area (Å²) in [7, 11) is 0. The second-order valence-electron chi connectivity index (χ2n) is 6.20. The quantitative estimate of drug-likeness (QED) is 0.871. The molecular weight excluding hydrogens is 278 g/mol. The molecule has 3 heterocycles. The third-order valence-corrected chi connectivity index (χ3v) is 5.01. The van der Waals surface area contributed by atoms with Crippen molar-refractivity contribution >= 4 is 5.91 Å². The Hall–Kier alpha value is -2.14. The number of carbonyl (C=O) groups is 1. The molecule has 22 heavy (non-hydrogen) atoms. The monoisotopic (exact) mass is 297 g/mol. The van der Waals surface area contributed by atoms with Gasteiger partial charge in [0.05, 0.1) is 30.4 Å². The van der Waals surface area contributed by atoms with E-state index in [9.17, 15) is 9.90 Å². The summed E-state index contributed by atoms with van der Waals surface area (Å²) >= 11 is 0. The highest BCUT2D eigenvalue weighted by Gasteiger charge is 2.40. The number of aromatic nitrogens is 2. The molecule has 2 aromatic rings. The number of piperidine rings is 1. The predicted octanol–water partition coefficient (Wildman–Crippen LogP) is 1.68. The van der Waals surface area contributed by atoms with E-state index in [0.29, 0.717) is 13.1 Å². The number of aliphatic hydroxyl groups is 1. The van der Waals surface area contributed by atoms with Crippen LogP contribution in [-0.2, 0) is 4.79 Å². The molecule has 0 spiro atoms. The highest BCUT2D eigenvalue weighted by Crippen LogP contribution is 2.45. The molecule has 114 valence electrons. The van der Waals surface area contributed by atoms with Crippen LogP contribution in [0.25, 0.3) is 11.3 Å². The summed E-state index contributed by atoms with van der Waals surface area (Å²) in [5.74, 6) is 0.139. The molecule has 1 saturated heterocycles. The van der Waals surface area contributed by atoms with Crippen LogP contribution >= 0.6 is 0 Å². The van der Waals surface area contributed by atoms with Crippen LogP contribution in [0.4, 0.5) is 0 Å². The zero-order valence-corrected chi connectivity index (χ0v) is 12.5. The van der Waals surface area contributed by atoms with Crippen LogP contribution in [0, 0.1) is 5.92 Å². The van der Waals surface area contributed by atoms with E-state index in [1.807, 2.05) is 24.7 Å². The van der Waals surface area contributed by atoms with E-state index in [0.717, 1.165) is 12.1 Å². The Morgan fingerprint density at radius 2 is 2.18 bits per heavy atom. The Morgan fingerprint density at radius 1 is 1.36 bits per heavy atom. The molecule has 3 atom stereocenters. The van der Waals surface area contributed by atoms with E-state index in [1.54, 1.807) is 11.8 Å². The molecule has 0 unspecified atom stereocenters. The third-order valence-electron chi connectivity index (χ3n) is 5.01. The van der Waals surface area contributed by atoms with E-state index in [-0.39, 0.29) is 17.9 Å². The average Bonchev–Trinajstić information content (AvgIpc) is 3.08. The van der Waals surface area contributed by atoms with Crippen molar-refractivity contribution in [1.29, 1.82) is 0 Å². The van der Waals surface area contributed by atoms with Crippen LogP contribution in [-0.4, -0.2) is 44.7 Å². The maximum absolute atomic E-state index is 11.5. The summed E-state index contributed by atoms with van der Waals surface area (Å²) in [6.45, 7) is 2.69. The molecular formula is C17H19N3O2. The van der Waals surface area contributed by atoms with Gasteiger partial charge in [-0.25, -0.2) is 4.98 Å². The number of fused-ring (bicyclic) bond motifs is 3. The van der Waals surface area contributed by atoms with Gasteiger partial charge in [0.1, 0.15) is 0 Å². The number of amides is 1. The summed E-state index contributed by atoms with van der Waals surface area (Å²) in [4.78, 5) is 17.5. The maximum atomic E-state index is 11.5. The van der Waals surface area contributed by atoms with Crippen molar-refractivity contribution in [2.45, 2.75) is 25.5 Å². The van der Waals surface area contributed by atoms with Crippen molar-refractivity contribution in [2.75, 3.05) is 13.1 Å². The molecule has 1 N–H and O–H groups in total. The molecule has 4 rings (SSSR count). The summed E-state index contributed by atoms with van der Waals surface area (Å²) in [5.41, 5.74) is 3.56. The lowest BCUT2D eigenvalue weighted by Crippen LogP contribution is -2.48. The fraction of sp³-hybridized carbons (Fsp3) is 0.412. The fourth-order valence-electron chi connectivity index (χ4n) is 3.91. The van der Waals surface area contributed by atoms with Gasteiger partial charge in [0.25, 0.3) is 0 Å². The standard InChI is InChI=1S/C17H19N3O2/c1-11(21)19-7-6-14(16(22)9-19)17-13-5-3-2-4-12(13)15-8-18-10-20(15)17/h2-5,8,10,14,16-17,22H,6-7,9H2,1H3/t14-,16-,17+/m0/s1. The molecule has 1 amide bonds. The lowest BCUT2D eigenvalue weighted by atomic mass is 9.83. The second-order valence-corrected chi connectivity index (χ2v) is 6.20. The minimum absolute atomic E-state index is 0.0349. The van der Waals surface area contributed by atoms with Crippen molar-refractivity contribution in [3.63, 3.8) is 0 Å². The highest BCUT2D eigenvalue weighted by molar-refractivity contribution is 5.73. The van der Waals surface area contributed by atoms with E-state index >= 15 is 0 Å². The van der Waals surface area contributed by atoms with Gasteiger partial charge in [-0.05, 0) is 12.0 Å². The third kappa shape index (κ3) is 1.89.